The molecule has 0 unspecified atom stereocenters. The van der Waals surface area contributed by atoms with Gasteiger partial charge in [-0.1, -0.05) is 11.8 Å². The summed E-state index contributed by atoms with van der Waals surface area (Å²) in [6.07, 6.45) is 5.13. The van der Waals surface area contributed by atoms with E-state index in [9.17, 15) is 10.1 Å². The number of hydrogen-bond acceptors (Lipinski definition) is 8. The molecule has 1 aliphatic heterocycles. The molecule has 25 heavy (non-hydrogen) atoms. The lowest BCUT2D eigenvalue weighted by Gasteiger charge is -2.25. The lowest BCUT2D eigenvalue weighted by Crippen LogP contribution is -2.27. The van der Waals surface area contributed by atoms with Crippen molar-refractivity contribution in [3.8, 4) is 11.8 Å². The number of aromatic nitrogens is 3. The minimum absolute atomic E-state index is 0.00261. The molecule has 0 spiro atoms. The molecule has 4 heterocycles. The van der Waals surface area contributed by atoms with Crippen LogP contribution in [0.15, 0.2) is 45.1 Å². The maximum atomic E-state index is 12.8. The molecule has 0 saturated carbocycles. The van der Waals surface area contributed by atoms with Crippen molar-refractivity contribution in [3.63, 3.8) is 0 Å². The number of fused-ring (bicyclic) bond motifs is 3. The zero-order valence-corrected chi connectivity index (χ0v) is 14.6. The Hall–Kier alpha value is -2.83. The number of hydrogen-bond donors (Lipinski definition) is 2. The second-order valence-electron chi connectivity index (χ2n) is 5.26. The number of ether oxygens (including phenoxy) is 1. The number of H-pyrrole nitrogens is 1. The summed E-state index contributed by atoms with van der Waals surface area (Å²) < 4.78 is 7.21. The topological polar surface area (TPSA) is 118 Å². The molecule has 4 rings (SSSR count). The smallest absolute Gasteiger partial charge is 0.257 e. The van der Waals surface area contributed by atoms with E-state index in [2.05, 4.69) is 21.0 Å². The zero-order valence-electron chi connectivity index (χ0n) is 12.9. The second-order valence-corrected chi connectivity index (χ2v) is 7.32. The van der Waals surface area contributed by atoms with Gasteiger partial charge in [-0.15, -0.1) is 11.3 Å². The Morgan fingerprint density at radius 3 is 2.88 bits per heavy atom. The molecule has 1 atom stereocenters. The van der Waals surface area contributed by atoms with Gasteiger partial charge in [0.1, 0.15) is 16.3 Å². The summed E-state index contributed by atoms with van der Waals surface area (Å²) >= 11 is 2.89. The SMILES string of the molecule is CSc1nc2[nH]c(=O)c3c(c2s1)OC(N)=C(C#N)[C@@H]3c1ccncc1. The molecule has 1 aliphatic rings. The van der Waals surface area contributed by atoms with Crippen molar-refractivity contribution in [3.05, 3.63) is 57.5 Å². The van der Waals surface area contributed by atoms with Crippen LogP contribution in [0.4, 0.5) is 0 Å². The fourth-order valence-electron chi connectivity index (χ4n) is 2.85. The summed E-state index contributed by atoms with van der Waals surface area (Å²) in [6.45, 7) is 0. The summed E-state index contributed by atoms with van der Waals surface area (Å²) in [5.41, 5.74) is 7.43. The van der Waals surface area contributed by atoms with E-state index in [1.54, 1.807) is 24.5 Å². The van der Waals surface area contributed by atoms with Crippen molar-refractivity contribution < 1.29 is 4.74 Å². The van der Waals surface area contributed by atoms with Gasteiger partial charge in [0.15, 0.2) is 15.7 Å². The number of allylic oxidation sites excluding steroid dienone is 1. The van der Waals surface area contributed by atoms with Crippen molar-refractivity contribution in [2.24, 2.45) is 5.73 Å². The minimum atomic E-state index is -0.607. The van der Waals surface area contributed by atoms with E-state index in [1.165, 1.54) is 23.1 Å². The lowest BCUT2D eigenvalue weighted by atomic mass is 9.85. The average Bonchev–Trinajstić information content (AvgIpc) is 3.04. The fourth-order valence-corrected chi connectivity index (χ4v) is 4.37. The third-order valence-electron chi connectivity index (χ3n) is 3.92. The maximum Gasteiger partial charge on any atom is 0.257 e. The molecule has 0 aliphatic carbocycles. The zero-order chi connectivity index (χ0) is 17.6. The van der Waals surface area contributed by atoms with Gasteiger partial charge in [0, 0.05) is 12.4 Å². The van der Waals surface area contributed by atoms with Gasteiger partial charge in [0.2, 0.25) is 5.88 Å². The highest BCUT2D eigenvalue weighted by atomic mass is 32.2. The van der Waals surface area contributed by atoms with Gasteiger partial charge in [-0.25, -0.2) is 4.98 Å². The van der Waals surface area contributed by atoms with Crippen molar-refractivity contribution in [1.29, 1.82) is 5.26 Å². The van der Waals surface area contributed by atoms with Crippen molar-refractivity contribution in [2.45, 2.75) is 10.3 Å². The molecule has 0 radical (unpaired) electrons. The van der Waals surface area contributed by atoms with Crippen LogP contribution in [0.1, 0.15) is 17.0 Å². The van der Waals surface area contributed by atoms with E-state index in [4.69, 9.17) is 10.5 Å². The highest BCUT2D eigenvalue weighted by Crippen LogP contribution is 2.44. The molecule has 3 aromatic rings. The maximum absolute atomic E-state index is 12.8. The standard InChI is InChI=1S/C16H11N5O2S2/c1-24-16-21-14-12(25-16)11-10(15(22)20-14)9(7-2-4-19-5-3-7)8(6-17)13(18)23-11/h2-5,9H,18H2,1H3,(H,20,22)/t9-/m0/s1. The molecule has 0 bridgehead atoms. The van der Waals surface area contributed by atoms with E-state index < -0.39 is 5.92 Å². The predicted molar refractivity (Wildman–Crippen MR) is 95.6 cm³/mol. The molecule has 0 aromatic carbocycles. The molecule has 124 valence electrons. The van der Waals surface area contributed by atoms with Gasteiger partial charge in [0.05, 0.1) is 11.5 Å². The molecule has 7 nitrogen and oxygen atoms in total. The molecule has 0 saturated heterocycles. The first-order valence-corrected chi connectivity index (χ1v) is 9.26. The summed E-state index contributed by atoms with van der Waals surface area (Å²) in [5.74, 6) is -0.234. The largest absolute Gasteiger partial charge is 0.438 e. The van der Waals surface area contributed by atoms with E-state index in [1.807, 2.05) is 6.26 Å². The van der Waals surface area contributed by atoms with Gasteiger partial charge in [-0.3, -0.25) is 9.78 Å². The molecule has 0 fully saturated rings. The van der Waals surface area contributed by atoms with Gasteiger partial charge in [-0.05, 0) is 24.0 Å². The predicted octanol–water partition coefficient (Wildman–Crippen LogP) is 2.32. The van der Waals surface area contributed by atoms with Crippen LogP contribution in [-0.2, 0) is 0 Å². The van der Waals surface area contributed by atoms with Crippen LogP contribution in [-0.4, -0.2) is 21.2 Å². The van der Waals surface area contributed by atoms with Crippen LogP contribution in [0.2, 0.25) is 0 Å². The molecular weight excluding hydrogens is 358 g/mol. The molecule has 3 aromatic heterocycles. The Labute approximate surface area is 150 Å². The van der Waals surface area contributed by atoms with Crippen molar-refractivity contribution in [1.82, 2.24) is 15.0 Å². The summed E-state index contributed by atoms with van der Waals surface area (Å²) in [5, 5.41) is 9.56. The Kier molecular flexibility index (Phi) is 3.71. The van der Waals surface area contributed by atoms with Crippen LogP contribution < -0.4 is 16.0 Å². The third-order valence-corrected chi connectivity index (χ3v) is 5.96. The molecule has 9 heteroatoms. The summed E-state index contributed by atoms with van der Waals surface area (Å²) in [7, 11) is 0. The van der Waals surface area contributed by atoms with E-state index in [0.29, 0.717) is 21.7 Å². The van der Waals surface area contributed by atoms with E-state index >= 15 is 0 Å². The first-order chi connectivity index (χ1) is 12.1. The first-order valence-electron chi connectivity index (χ1n) is 7.22. The monoisotopic (exact) mass is 369 g/mol. The number of nitrogens with zero attached hydrogens (tertiary/aromatic N) is 3. The molecule has 3 N–H and O–H groups in total. The van der Waals surface area contributed by atoms with Gasteiger partial charge < -0.3 is 15.5 Å². The fraction of sp³-hybridized carbons (Fsp3) is 0.125. The Morgan fingerprint density at radius 2 is 2.20 bits per heavy atom. The number of thioether (sulfide) groups is 1. The van der Waals surface area contributed by atoms with Gasteiger partial charge >= 0.3 is 0 Å². The number of aromatic amines is 1. The van der Waals surface area contributed by atoms with Crippen LogP contribution in [0.25, 0.3) is 10.3 Å². The number of nitrogens with two attached hydrogens (primary N) is 1. The normalized spacial score (nSPS) is 16.4. The van der Waals surface area contributed by atoms with E-state index in [0.717, 1.165) is 9.90 Å². The van der Waals surface area contributed by atoms with E-state index in [-0.39, 0.29) is 17.0 Å². The van der Waals surface area contributed by atoms with Crippen molar-refractivity contribution >= 4 is 33.4 Å². The third kappa shape index (κ3) is 2.38. The minimum Gasteiger partial charge on any atom is -0.438 e. The highest BCUT2D eigenvalue weighted by Gasteiger charge is 2.35. The van der Waals surface area contributed by atoms with Crippen LogP contribution in [0.5, 0.6) is 5.75 Å². The first kappa shape index (κ1) is 15.7. The molecular formula is C16H11N5O2S2. The Morgan fingerprint density at radius 1 is 1.44 bits per heavy atom. The number of pyridine rings is 2. The lowest BCUT2D eigenvalue weighted by molar-refractivity contribution is 0.397. The number of nitrogens with one attached hydrogen (secondary N) is 1. The second kappa shape index (κ2) is 5.91. The number of thiazole rings is 1. The highest BCUT2D eigenvalue weighted by molar-refractivity contribution is 8.00. The number of rotatable bonds is 2. The summed E-state index contributed by atoms with van der Waals surface area (Å²) in [4.78, 5) is 23.9. The van der Waals surface area contributed by atoms with Crippen LogP contribution in [0, 0.1) is 11.3 Å². The average molecular weight is 369 g/mol. The Bertz CT molecular complexity index is 1110. The van der Waals surface area contributed by atoms with Crippen molar-refractivity contribution in [2.75, 3.05) is 6.26 Å². The Balaban J connectivity index is 2.07. The quantitative estimate of drug-likeness (QED) is 0.666. The number of nitriles is 1. The molecule has 0 amide bonds. The van der Waals surface area contributed by atoms with Gasteiger partial charge in [-0.2, -0.15) is 5.26 Å². The van der Waals surface area contributed by atoms with Gasteiger partial charge in [0.25, 0.3) is 5.56 Å². The van der Waals surface area contributed by atoms with Crippen LogP contribution >= 0.6 is 23.1 Å². The van der Waals surface area contributed by atoms with Crippen LogP contribution in [0.3, 0.4) is 0 Å². The summed E-state index contributed by atoms with van der Waals surface area (Å²) in [6, 6.07) is 5.59.